The number of imide groups is 1. The Bertz CT molecular complexity index is 1410. The number of aryl methyl sites for hydroxylation is 2. The molecule has 3 N–H and O–H groups in total. The Labute approximate surface area is 194 Å². The zero-order valence-corrected chi connectivity index (χ0v) is 18.7. The molecule has 3 aromatic rings. The minimum absolute atomic E-state index is 0.149. The number of sulfonamides is 1. The van der Waals surface area contributed by atoms with Crippen LogP contribution in [-0.4, -0.2) is 48.8 Å². The normalized spacial score (nSPS) is 16.4. The van der Waals surface area contributed by atoms with E-state index in [1.54, 1.807) is 18.2 Å². The lowest BCUT2D eigenvalue weighted by Gasteiger charge is -2.22. The second-order valence-electron chi connectivity index (χ2n) is 8.29. The number of furan rings is 1. The van der Waals surface area contributed by atoms with E-state index in [1.165, 1.54) is 29.7 Å². The molecule has 0 radical (unpaired) electrons. The first-order chi connectivity index (χ1) is 16.3. The van der Waals surface area contributed by atoms with E-state index in [0.717, 1.165) is 47.3 Å². The second kappa shape index (κ2) is 8.35. The van der Waals surface area contributed by atoms with Crippen molar-refractivity contribution >= 4 is 38.7 Å². The molecule has 3 amide bonds. The van der Waals surface area contributed by atoms with Gasteiger partial charge in [-0.05, 0) is 43.5 Å². The molecule has 1 aliphatic carbocycles. The average Bonchev–Trinajstić information content (AvgIpc) is 3.33. The van der Waals surface area contributed by atoms with Crippen LogP contribution in [0.25, 0.3) is 11.0 Å². The first-order valence-corrected chi connectivity index (χ1v) is 12.2. The molecule has 0 fully saturated rings. The lowest BCUT2D eigenvalue weighted by atomic mass is 9.96. The van der Waals surface area contributed by atoms with Crippen molar-refractivity contribution < 1.29 is 32.4 Å². The number of carbonyl (C=O) groups excluding carboxylic acids is 3. The van der Waals surface area contributed by atoms with Crippen molar-refractivity contribution in [2.75, 3.05) is 6.54 Å². The van der Waals surface area contributed by atoms with Crippen molar-refractivity contribution in [2.24, 2.45) is 0 Å². The Morgan fingerprint density at radius 3 is 2.41 bits per heavy atom. The number of nitrogens with zero attached hydrogens (tertiary/aromatic N) is 1. The van der Waals surface area contributed by atoms with Crippen molar-refractivity contribution in [3.05, 3.63) is 64.9 Å². The van der Waals surface area contributed by atoms with Gasteiger partial charge in [-0.25, -0.2) is 13.9 Å². The highest BCUT2D eigenvalue weighted by molar-refractivity contribution is 7.89. The van der Waals surface area contributed by atoms with Gasteiger partial charge in [-0.1, -0.05) is 12.1 Å². The van der Waals surface area contributed by atoms with Crippen LogP contribution < -0.4 is 10.2 Å². The number of hydrogen-bond donors (Lipinski definition) is 3. The first kappa shape index (κ1) is 22.3. The Kier molecular flexibility index (Phi) is 5.47. The molecule has 11 heteroatoms. The number of hydroxylamine groups is 1. The van der Waals surface area contributed by atoms with Gasteiger partial charge in [0.25, 0.3) is 17.7 Å². The van der Waals surface area contributed by atoms with E-state index in [4.69, 9.17) is 9.62 Å². The van der Waals surface area contributed by atoms with E-state index in [2.05, 4.69) is 4.72 Å². The minimum atomic E-state index is -4.28. The van der Waals surface area contributed by atoms with E-state index in [-0.39, 0.29) is 16.0 Å². The highest BCUT2D eigenvalue weighted by Crippen LogP contribution is 2.33. The summed E-state index contributed by atoms with van der Waals surface area (Å²) >= 11 is 0. The number of carbonyl (C=O) groups is 3. The Morgan fingerprint density at radius 1 is 1.06 bits per heavy atom. The van der Waals surface area contributed by atoms with E-state index < -0.39 is 40.3 Å². The second-order valence-corrected chi connectivity index (χ2v) is 10.00. The molecule has 10 nitrogen and oxygen atoms in total. The van der Waals surface area contributed by atoms with Gasteiger partial charge in [-0.2, -0.15) is 4.72 Å². The lowest BCUT2D eigenvalue weighted by molar-refractivity contribution is -0.131. The van der Waals surface area contributed by atoms with Crippen LogP contribution in [0.5, 0.6) is 0 Å². The maximum Gasteiger partial charge on any atom is 0.263 e. The number of hydrogen-bond acceptors (Lipinski definition) is 7. The summed E-state index contributed by atoms with van der Waals surface area (Å²) < 4.78 is 34.3. The summed E-state index contributed by atoms with van der Waals surface area (Å²) in [6.45, 7) is -0.602. The first-order valence-electron chi connectivity index (χ1n) is 10.8. The monoisotopic (exact) mass is 483 g/mol. The van der Waals surface area contributed by atoms with Crippen molar-refractivity contribution in [3.63, 3.8) is 0 Å². The third kappa shape index (κ3) is 3.67. The Hall–Kier alpha value is -3.54. The van der Waals surface area contributed by atoms with E-state index in [1.807, 2.05) is 0 Å². The molecule has 1 unspecified atom stereocenters. The molecule has 34 heavy (non-hydrogen) atoms. The zero-order chi connectivity index (χ0) is 24.0. The van der Waals surface area contributed by atoms with Crippen molar-refractivity contribution in [1.29, 1.82) is 0 Å². The maximum atomic E-state index is 13.1. The number of nitrogens with one attached hydrogen (secondary N) is 2. The van der Waals surface area contributed by atoms with E-state index in [9.17, 15) is 22.8 Å². The molecule has 0 spiro atoms. The molecule has 176 valence electrons. The van der Waals surface area contributed by atoms with E-state index in [0.29, 0.717) is 5.58 Å². The summed E-state index contributed by atoms with van der Waals surface area (Å²) in [5.74, 6) is -1.57. The standard InChI is InChI=1S/C23H21N3O7S/c27-21(24-30)18(12-26-22(28)16-6-1-2-7-17(16)23(26)29)25-34(31,32)13-9-10-15-14-5-3-4-8-19(14)33-20(15)11-13/h1-2,6-7,9-11,18,25,30H,3-5,8,12H2,(H,24,27). The predicted molar refractivity (Wildman–Crippen MR) is 119 cm³/mol. The summed E-state index contributed by atoms with van der Waals surface area (Å²) in [5.41, 5.74) is 3.22. The van der Waals surface area contributed by atoms with Gasteiger partial charge < -0.3 is 4.42 Å². The average molecular weight is 484 g/mol. The summed E-state index contributed by atoms with van der Waals surface area (Å²) in [6.07, 6.45) is 3.71. The molecule has 0 bridgehead atoms. The SMILES string of the molecule is O=C(NO)C(CN1C(=O)c2ccccc2C1=O)NS(=O)(=O)c1ccc2c3c(oc2c1)CCCC3. The number of fused-ring (bicyclic) bond motifs is 4. The number of amides is 3. The van der Waals surface area contributed by atoms with Crippen molar-refractivity contribution in [3.8, 4) is 0 Å². The number of benzene rings is 2. The molecule has 5 rings (SSSR count). The zero-order valence-electron chi connectivity index (χ0n) is 17.9. The molecular weight excluding hydrogens is 462 g/mol. The predicted octanol–water partition coefficient (Wildman–Crippen LogP) is 1.76. The van der Waals surface area contributed by atoms with Crippen LogP contribution in [0.15, 0.2) is 51.8 Å². The molecular formula is C23H21N3O7S. The highest BCUT2D eigenvalue weighted by atomic mass is 32.2. The summed E-state index contributed by atoms with van der Waals surface area (Å²) in [6, 6.07) is 8.96. The summed E-state index contributed by atoms with van der Waals surface area (Å²) in [7, 11) is -4.28. The maximum absolute atomic E-state index is 13.1. The van der Waals surface area contributed by atoms with Gasteiger partial charge in [-0.15, -0.1) is 0 Å². The van der Waals surface area contributed by atoms with Crippen LogP contribution in [0.4, 0.5) is 0 Å². The van der Waals surface area contributed by atoms with Gasteiger partial charge in [0.2, 0.25) is 10.0 Å². The summed E-state index contributed by atoms with van der Waals surface area (Å²) in [5, 5.41) is 10.0. The van der Waals surface area contributed by atoms with Crippen LogP contribution in [0.3, 0.4) is 0 Å². The fraction of sp³-hybridized carbons (Fsp3) is 0.261. The van der Waals surface area contributed by atoms with Gasteiger partial charge in [0.1, 0.15) is 17.4 Å². The van der Waals surface area contributed by atoms with Gasteiger partial charge in [0.05, 0.1) is 22.6 Å². The third-order valence-corrected chi connectivity index (χ3v) is 7.68. The highest BCUT2D eigenvalue weighted by Gasteiger charge is 2.39. The van der Waals surface area contributed by atoms with Gasteiger partial charge in [0.15, 0.2) is 0 Å². The Morgan fingerprint density at radius 2 is 1.74 bits per heavy atom. The lowest BCUT2D eigenvalue weighted by Crippen LogP contribution is -2.53. The third-order valence-electron chi connectivity index (χ3n) is 6.21. The van der Waals surface area contributed by atoms with Crippen LogP contribution in [0.1, 0.15) is 44.9 Å². The van der Waals surface area contributed by atoms with Crippen LogP contribution >= 0.6 is 0 Å². The molecule has 2 aliphatic rings. The molecule has 0 saturated carbocycles. The summed E-state index contributed by atoms with van der Waals surface area (Å²) in [4.78, 5) is 38.2. The Balaban J connectivity index is 1.42. The topological polar surface area (TPSA) is 146 Å². The van der Waals surface area contributed by atoms with Crippen LogP contribution in [0.2, 0.25) is 0 Å². The fourth-order valence-corrected chi connectivity index (χ4v) is 5.71. The van der Waals surface area contributed by atoms with Crippen molar-refractivity contribution in [2.45, 2.75) is 36.6 Å². The smallest absolute Gasteiger partial charge is 0.263 e. The van der Waals surface area contributed by atoms with Gasteiger partial charge in [-0.3, -0.25) is 24.5 Å². The minimum Gasteiger partial charge on any atom is -0.461 e. The van der Waals surface area contributed by atoms with Crippen molar-refractivity contribution in [1.82, 2.24) is 15.1 Å². The molecule has 0 saturated heterocycles. The molecule has 1 atom stereocenters. The van der Waals surface area contributed by atoms with Crippen LogP contribution in [-0.2, 0) is 27.7 Å². The van der Waals surface area contributed by atoms with Gasteiger partial charge in [0, 0.05) is 23.4 Å². The van der Waals surface area contributed by atoms with Crippen LogP contribution in [0, 0.1) is 0 Å². The molecule has 1 aromatic heterocycles. The fourth-order valence-electron chi connectivity index (χ4n) is 4.51. The van der Waals surface area contributed by atoms with Gasteiger partial charge >= 0.3 is 0 Å². The quantitative estimate of drug-likeness (QED) is 0.275. The molecule has 1 aliphatic heterocycles. The largest absolute Gasteiger partial charge is 0.461 e. The number of rotatable bonds is 6. The molecule has 2 heterocycles. The van der Waals surface area contributed by atoms with E-state index >= 15 is 0 Å². The molecule has 2 aromatic carbocycles.